The predicted octanol–water partition coefficient (Wildman–Crippen LogP) is 3.26. The molecule has 1 heterocycles. The van der Waals surface area contributed by atoms with Gasteiger partial charge in [-0.25, -0.2) is 0 Å². The fraction of sp³-hybridized carbons (Fsp3) is 0.600. The first-order valence-electron chi connectivity index (χ1n) is 9.15. The van der Waals surface area contributed by atoms with Gasteiger partial charge in [-0.1, -0.05) is 13.0 Å². The maximum atomic E-state index is 12.8. The Balaban J connectivity index is 1.94. The molecule has 1 amide bonds. The highest BCUT2D eigenvalue weighted by molar-refractivity contribution is 5.81. The zero-order valence-corrected chi connectivity index (χ0v) is 15.7. The van der Waals surface area contributed by atoms with E-state index < -0.39 is 6.10 Å². The second-order valence-corrected chi connectivity index (χ2v) is 6.61. The van der Waals surface area contributed by atoms with Crippen LogP contribution in [0.25, 0.3) is 0 Å². The van der Waals surface area contributed by atoms with Gasteiger partial charge in [0.15, 0.2) is 6.10 Å². The van der Waals surface area contributed by atoms with Gasteiger partial charge in [0.2, 0.25) is 0 Å². The third kappa shape index (κ3) is 4.97. The standard InChI is InChI=1S/C20H29NO4/c1-5-18(25-17-8-7-14(3)15(4)13-17)19(22)21-11-9-16(10-12-21)20(23)24-6-2/h7-8,13,16,18H,5-6,9-12H2,1-4H3/t18-/m0/s1. The van der Waals surface area contributed by atoms with Crippen molar-refractivity contribution in [1.82, 2.24) is 4.90 Å². The third-order valence-corrected chi connectivity index (χ3v) is 4.83. The van der Waals surface area contributed by atoms with Crippen molar-refractivity contribution >= 4 is 11.9 Å². The van der Waals surface area contributed by atoms with Crippen LogP contribution in [0.4, 0.5) is 0 Å². The third-order valence-electron chi connectivity index (χ3n) is 4.83. The fourth-order valence-electron chi connectivity index (χ4n) is 3.06. The number of hydrogen-bond donors (Lipinski definition) is 0. The molecule has 2 rings (SSSR count). The fourth-order valence-corrected chi connectivity index (χ4v) is 3.06. The van der Waals surface area contributed by atoms with Gasteiger partial charge in [0.25, 0.3) is 5.91 Å². The lowest BCUT2D eigenvalue weighted by molar-refractivity contribution is -0.152. The summed E-state index contributed by atoms with van der Waals surface area (Å²) in [6.45, 7) is 9.41. The largest absolute Gasteiger partial charge is 0.481 e. The van der Waals surface area contributed by atoms with Crippen LogP contribution in [0.5, 0.6) is 5.75 Å². The summed E-state index contributed by atoms with van der Waals surface area (Å²) in [4.78, 5) is 26.4. The lowest BCUT2D eigenvalue weighted by Crippen LogP contribution is -2.46. The molecule has 0 spiro atoms. The maximum Gasteiger partial charge on any atom is 0.309 e. The number of nitrogens with zero attached hydrogens (tertiary/aromatic N) is 1. The highest BCUT2D eigenvalue weighted by Gasteiger charge is 2.31. The molecule has 138 valence electrons. The van der Waals surface area contributed by atoms with Crippen molar-refractivity contribution in [3.63, 3.8) is 0 Å². The summed E-state index contributed by atoms with van der Waals surface area (Å²) in [6, 6.07) is 5.89. The lowest BCUT2D eigenvalue weighted by Gasteiger charge is -2.33. The van der Waals surface area contributed by atoms with E-state index in [2.05, 4.69) is 6.92 Å². The number of rotatable bonds is 6. The molecule has 0 aromatic heterocycles. The SMILES string of the molecule is CCOC(=O)C1CCN(C(=O)[C@H](CC)Oc2ccc(C)c(C)c2)CC1. The van der Waals surface area contributed by atoms with Crippen molar-refractivity contribution in [2.24, 2.45) is 5.92 Å². The number of carbonyl (C=O) groups excluding carboxylic acids is 2. The van der Waals surface area contributed by atoms with Crippen molar-refractivity contribution in [3.8, 4) is 5.75 Å². The van der Waals surface area contributed by atoms with E-state index in [0.717, 1.165) is 11.3 Å². The topological polar surface area (TPSA) is 55.8 Å². The van der Waals surface area contributed by atoms with Gasteiger partial charge in [0.1, 0.15) is 5.75 Å². The van der Waals surface area contributed by atoms with E-state index in [1.165, 1.54) is 5.56 Å². The molecule has 25 heavy (non-hydrogen) atoms. The van der Waals surface area contributed by atoms with Crippen LogP contribution in [0.2, 0.25) is 0 Å². The Morgan fingerprint density at radius 1 is 1.16 bits per heavy atom. The normalized spacial score (nSPS) is 16.4. The molecule has 0 aliphatic carbocycles. The van der Waals surface area contributed by atoms with Gasteiger partial charge in [0, 0.05) is 13.1 Å². The average molecular weight is 347 g/mol. The van der Waals surface area contributed by atoms with Crippen molar-refractivity contribution in [2.45, 2.75) is 53.1 Å². The molecule has 1 aromatic carbocycles. The smallest absolute Gasteiger partial charge is 0.309 e. The van der Waals surface area contributed by atoms with Crippen LogP contribution in [0.3, 0.4) is 0 Å². The number of hydrogen-bond acceptors (Lipinski definition) is 4. The number of ether oxygens (including phenoxy) is 2. The molecular weight excluding hydrogens is 318 g/mol. The van der Waals surface area contributed by atoms with Crippen molar-refractivity contribution in [3.05, 3.63) is 29.3 Å². The van der Waals surface area contributed by atoms with Crippen LogP contribution in [0.15, 0.2) is 18.2 Å². The Morgan fingerprint density at radius 2 is 1.84 bits per heavy atom. The Kier molecular flexibility index (Phi) is 6.85. The molecule has 1 aliphatic heterocycles. The van der Waals surface area contributed by atoms with Crippen LogP contribution < -0.4 is 4.74 Å². The second-order valence-electron chi connectivity index (χ2n) is 6.61. The molecule has 0 radical (unpaired) electrons. The van der Waals surface area contributed by atoms with E-state index in [1.54, 1.807) is 0 Å². The summed E-state index contributed by atoms with van der Waals surface area (Å²) in [5.41, 5.74) is 2.35. The summed E-state index contributed by atoms with van der Waals surface area (Å²) < 4.78 is 11.0. The molecule has 1 fully saturated rings. The summed E-state index contributed by atoms with van der Waals surface area (Å²) in [5, 5.41) is 0. The molecule has 1 atom stereocenters. The first-order chi connectivity index (χ1) is 12.0. The quantitative estimate of drug-likeness (QED) is 0.741. The zero-order chi connectivity index (χ0) is 18.4. The molecule has 0 N–H and O–H groups in total. The van der Waals surface area contributed by atoms with E-state index >= 15 is 0 Å². The van der Waals surface area contributed by atoms with Crippen molar-refractivity contribution in [2.75, 3.05) is 19.7 Å². The van der Waals surface area contributed by atoms with Gasteiger partial charge >= 0.3 is 5.97 Å². The molecular formula is C20H29NO4. The van der Waals surface area contributed by atoms with Crippen LogP contribution in [-0.4, -0.2) is 42.6 Å². The molecule has 1 aromatic rings. The molecule has 5 nitrogen and oxygen atoms in total. The van der Waals surface area contributed by atoms with E-state index in [0.29, 0.717) is 39.0 Å². The van der Waals surface area contributed by atoms with Gasteiger partial charge in [-0.05, 0) is 63.3 Å². The summed E-state index contributed by atoms with van der Waals surface area (Å²) in [7, 11) is 0. The van der Waals surface area contributed by atoms with Crippen LogP contribution in [0.1, 0.15) is 44.2 Å². The lowest BCUT2D eigenvalue weighted by atomic mass is 9.96. The molecule has 1 aliphatic rings. The first-order valence-corrected chi connectivity index (χ1v) is 9.15. The Bertz CT molecular complexity index is 606. The van der Waals surface area contributed by atoms with Gasteiger partial charge in [-0.3, -0.25) is 9.59 Å². The second kappa shape index (κ2) is 8.88. The minimum absolute atomic E-state index is 0.00281. The number of aryl methyl sites for hydroxylation is 2. The number of piperidine rings is 1. The minimum atomic E-state index is -0.485. The van der Waals surface area contributed by atoms with Crippen LogP contribution in [0, 0.1) is 19.8 Å². The van der Waals surface area contributed by atoms with Crippen LogP contribution in [-0.2, 0) is 14.3 Å². The summed E-state index contributed by atoms with van der Waals surface area (Å²) in [6.07, 6.45) is 1.44. The Labute approximate surface area is 150 Å². The zero-order valence-electron chi connectivity index (χ0n) is 15.7. The number of amides is 1. The number of carbonyl (C=O) groups is 2. The van der Waals surface area contributed by atoms with E-state index in [9.17, 15) is 9.59 Å². The van der Waals surface area contributed by atoms with Gasteiger partial charge in [-0.2, -0.15) is 0 Å². The molecule has 0 unspecified atom stereocenters. The Morgan fingerprint density at radius 3 is 2.40 bits per heavy atom. The average Bonchev–Trinajstić information content (AvgIpc) is 2.62. The highest BCUT2D eigenvalue weighted by Crippen LogP contribution is 2.22. The summed E-state index contributed by atoms with van der Waals surface area (Å²) in [5.74, 6) is 0.491. The molecule has 0 saturated carbocycles. The predicted molar refractivity (Wildman–Crippen MR) is 96.6 cm³/mol. The van der Waals surface area contributed by atoms with E-state index in [4.69, 9.17) is 9.47 Å². The Hall–Kier alpha value is -2.04. The molecule has 5 heteroatoms. The van der Waals surface area contributed by atoms with Gasteiger partial charge in [0.05, 0.1) is 12.5 Å². The van der Waals surface area contributed by atoms with Crippen molar-refractivity contribution in [1.29, 1.82) is 0 Å². The van der Waals surface area contributed by atoms with Gasteiger partial charge in [-0.15, -0.1) is 0 Å². The van der Waals surface area contributed by atoms with Crippen LogP contribution >= 0.6 is 0 Å². The monoisotopic (exact) mass is 347 g/mol. The number of likely N-dealkylation sites (tertiary alicyclic amines) is 1. The van der Waals surface area contributed by atoms with E-state index in [-0.39, 0.29) is 17.8 Å². The highest BCUT2D eigenvalue weighted by atomic mass is 16.5. The summed E-state index contributed by atoms with van der Waals surface area (Å²) >= 11 is 0. The van der Waals surface area contributed by atoms with Gasteiger partial charge < -0.3 is 14.4 Å². The molecule has 0 bridgehead atoms. The first kappa shape index (κ1) is 19.3. The number of esters is 1. The van der Waals surface area contributed by atoms with E-state index in [1.807, 2.05) is 43.9 Å². The molecule has 1 saturated heterocycles. The minimum Gasteiger partial charge on any atom is -0.481 e. The van der Waals surface area contributed by atoms with Crippen molar-refractivity contribution < 1.29 is 19.1 Å². The number of benzene rings is 1. The maximum absolute atomic E-state index is 12.8.